The molecule has 0 heterocycles. The van der Waals surface area contributed by atoms with Crippen LogP contribution in [-0.2, 0) is 10.8 Å². The molecule has 0 saturated carbocycles. The number of carbonyl (C=O) groups is 2. The molecule has 4 nitrogen and oxygen atoms in total. The molecule has 0 spiro atoms. The second kappa shape index (κ2) is 5.20. The fourth-order valence-corrected chi connectivity index (χ4v) is 4.03. The van der Waals surface area contributed by atoms with Crippen molar-refractivity contribution in [3.63, 3.8) is 0 Å². The maximum atomic E-state index is 11.3. The van der Waals surface area contributed by atoms with Gasteiger partial charge in [-0.05, 0) is 52.8 Å². The van der Waals surface area contributed by atoms with Gasteiger partial charge in [0.1, 0.15) is 0 Å². The Balaban J connectivity index is 2.13. The van der Waals surface area contributed by atoms with E-state index in [9.17, 15) is 14.7 Å². The summed E-state index contributed by atoms with van der Waals surface area (Å²) in [6.45, 7) is 6.37. The number of aromatic carboxylic acids is 2. The predicted octanol–water partition coefficient (Wildman–Crippen LogP) is 4.07. The Morgan fingerprint density at radius 2 is 1.38 bits per heavy atom. The van der Waals surface area contributed by atoms with E-state index in [1.807, 2.05) is 18.2 Å². The van der Waals surface area contributed by atoms with Gasteiger partial charge in [0.25, 0.3) is 0 Å². The van der Waals surface area contributed by atoms with Crippen molar-refractivity contribution in [3.05, 3.63) is 70.3 Å². The summed E-state index contributed by atoms with van der Waals surface area (Å²) in [6, 6.07) is 12.3. The average Bonchev–Trinajstić information content (AvgIpc) is 2.74. The zero-order valence-corrected chi connectivity index (χ0v) is 14.0. The Kier molecular flexibility index (Phi) is 3.52. The highest BCUT2D eigenvalue weighted by molar-refractivity contribution is 5.88. The van der Waals surface area contributed by atoms with Crippen LogP contribution in [-0.4, -0.2) is 22.2 Å². The number of hydrogen-bond acceptors (Lipinski definition) is 2. The summed E-state index contributed by atoms with van der Waals surface area (Å²) in [5.74, 6) is -1.86. The fourth-order valence-electron chi connectivity index (χ4n) is 4.03. The summed E-state index contributed by atoms with van der Waals surface area (Å²) in [6.07, 6.45) is 0.838. The van der Waals surface area contributed by atoms with Gasteiger partial charge in [0.05, 0.1) is 11.1 Å². The molecule has 0 aliphatic heterocycles. The minimum Gasteiger partial charge on any atom is -0.478 e. The van der Waals surface area contributed by atoms with E-state index in [4.69, 9.17) is 5.11 Å². The zero-order valence-electron chi connectivity index (χ0n) is 14.0. The molecule has 24 heavy (non-hydrogen) atoms. The van der Waals surface area contributed by atoms with Gasteiger partial charge in [-0.2, -0.15) is 0 Å². The summed E-state index contributed by atoms with van der Waals surface area (Å²) in [5, 5.41) is 18.3. The lowest BCUT2D eigenvalue weighted by molar-refractivity contribution is 0.0686. The lowest BCUT2D eigenvalue weighted by atomic mass is 9.75. The number of rotatable bonds is 3. The highest BCUT2D eigenvalue weighted by Crippen LogP contribution is 2.52. The first-order valence-corrected chi connectivity index (χ1v) is 7.87. The third-order valence-electron chi connectivity index (χ3n) is 5.15. The van der Waals surface area contributed by atoms with E-state index < -0.39 is 11.9 Å². The summed E-state index contributed by atoms with van der Waals surface area (Å²) >= 11 is 0. The molecule has 3 rings (SSSR count). The first-order chi connectivity index (χ1) is 11.1. The molecule has 0 bridgehead atoms. The third kappa shape index (κ3) is 2.39. The Morgan fingerprint density at radius 1 is 0.833 bits per heavy atom. The van der Waals surface area contributed by atoms with E-state index >= 15 is 0 Å². The maximum absolute atomic E-state index is 11.3. The molecule has 0 amide bonds. The van der Waals surface area contributed by atoms with Crippen molar-refractivity contribution in [1.29, 1.82) is 0 Å². The standard InChI is InChI=1S/C20H20O4/c1-19(2)11-20(3,14-7-4-12(5-8-14)17(21)22)15-9-6-13(18(23)24)10-16(15)19/h4-10H,11H2,1-3H3,(H,21,22)(H,23,24). The topological polar surface area (TPSA) is 74.6 Å². The van der Waals surface area contributed by atoms with Crippen LogP contribution in [0.2, 0.25) is 0 Å². The Labute approximate surface area is 140 Å². The van der Waals surface area contributed by atoms with E-state index in [0.717, 1.165) is 23.1 Å². The van der Waals surface area contributed by atoms with Crippen molar-refractivity contribution in [2.45, 2.75) is 38.0 Å². The van der Waals surface area contributed by atoms with Crippen LogP contribution in [0.1, 0.15) is 64.6 Å². The number of carboxylic acids is 2. The zero-order chi connectivity index (χ0) is 17.7. The van der Waals surface area contributed by atoms with E-state index in [-0.39, 0.29) is 16.4 Å². The molecule has 0 saturated heterocycles. The molecule has 0 radical (unpaired) electrons. The molecule has 1 aliphatic carbocycles. The number of fused-ring (bicyclic) bond motifs is 1. The minimum atomic E-state index is -0.940. The largest absolute Gasteiger partial charge is 0.478 e. The average molecular weight is 324 g/mol. The van der Waals surface area contributed by atoms with Crippen LogP contribution in [0.3, 0.4) is 0 Å². The second-order valence-corrected chi connectivity index (χ2v) is 7.34. The molecule has 0 aromatic heterocycles. The minimum absolute atomic E-state index is 0.152. The van der Waals surface area contributed by atoms with Gasteiger partial charge in [0.15, 0.2) is 0 Å². The number of carboxylic acid groups (broad SMARTS) is 2. The van der Waals surface area contributed by atoms with Crippen molar-refractivity contribution < 1.29 is 19.8 Å². The van der Waals surface area contributed by atoms with E-state index in [2.05, 4.69) is 20.8 Å². The lowest BCUT2D eigenvalue weighted by Gasteiger charge is -2.28. The van der Waals surface area contributed by atoms with E-state index in [0.29, 0.717) is 5.56 Å². The second-order valence-electron chi connectivity index (χ2n) is 7.34. The molecule has 0 fully saturated rings. The highest BCUT2D eigenvalue weighted by Gasteiger charge is 2.45. The predicted molar refractivity (Wildman–Crippen MR) is 90.9 cm³/mol. The van der Waals surface area contributed by atoms with Crippen LogP contribution in [0.25, 0.3) is 0 Å². The van der Waals surface area contributed by atoms with Gasteiger partial charge < -0.3 is 10.2 Å². The molecule has 2 N–H and O–H groups in total. The van der Waals surface area contributed by atoms with E-state index in [1.54, 1.807) is 24.3 Å². The van der Waals surface area contributed by atoms with Gasteiger partial charge in [-0.3, -0.25) is 0 Å². The van der Waals surface area contributed by atoms with Crippen LogP contribution in [0, 0.1) is 0 Å². The first kappa shape index (κ1) is 16.2. The summed E-state index contributed by atoms with van der Waals surface area (Å²) in [5.41, 5.74) is 3.34. The quantitative estimate of drug-likeness (QED) is 0.892. The molecule has 1 unspecified atom stereocenters. The van der Waals surface area contributed by atoms with Crippen LogP contribution in [0.5, 0.6) is 0 Å². The summed E-state index contributed by atoms with van der Waals surface area (Å²) < 4.78 is 0. The van der Waals surface area contributed by atoms with Crippen LogP contribution in [0.4, 0.5) is 0 Å². The fraction of sp³-hybridized carbons (Fsp3) is 0.300. The van der Waals surface area contributed by atoms with Gasteiger partial charge >= 0.3 is 11.9 Å². The molecule has 1 aliphatic rings. The Hall–Kier alpha value is -2.62. The van der Waals surface area contributed by atoms with Gasteiger partial charge in [0, 0.05) is 5.41 Å². The third-order valence-corrected chi connectivity index (χ3v) is 5.15. The van der Waals surface area contributed by atoms with E-state index in [1.165, 1.54) is 0 Å². The normalized spacial score (nSPS) is 21.3. The SMILES string of the molecule is CC1(C)CC(C)(c2ccc(C(=O)O)cc2)c2ccc(C(=O)O)cc21. The van der Waals surface area contributed by atoms with Crippen LogP contribution >= 0.6 is 0 Å². The van der Waals surface area contributed by atoms with Gasteiger partial charge in [-0.1, -0.05) is 39.0 Å². The van der Waals surface area contributed by atoms with Gasteiger partial charge in [-0.25, -0.2) is 9.59 Å². The van der Waals surface area contributed by atoms with Crippen molar-refractivity contribution in [2.24, 2.45) is 0 Å². The van der Waals surface area contributed by atoms with Crippen molar-refractivity contribution in [3.8, 4) is 0 Å². The molecule has 2 aromatic rings. The molecular formula is C20H20O4. The smallest absolute Gasteiger partial charge is 0.335 e. The van der Waals surface area contributed by atoms with Crippen molar-refractivity contribution in [1.82, 2.24) is 0 Å². The molecule has 124 valence electrons. The molecular weight excluding hydrogens is 304 g/mol. The van der Waals surface area contributed by atoms with Crippen LogP contribution in [0.15, 0.2) is 42.5 Å². The van der Waals surface area contributed by atoms with Gasteiger partial charge in [-0.15, -0.1) is 0 Å². The highest BCUT2D eigenvalue weighted by atomic mass is 16.4. The summed E-state index contributed by atoms with van der Waals surface area (Å²) in [7, 11) is 0. The Morgan fingerprint density at radius 3 is 1.92 bits per heavy atom. The van der Waals surface area contributed by atoms with Crippen molar-refractivity contribution >= 4 is 11.9 Å². The number of hydrogen-bond donors (Lipinski definition) is 2. The maximum Gasteiger partial charge on any atom is 0.335 e. The van der Waals surface area contributed by atoms with Gasteiger partial charge in [0.2, 0.25) is 0 Å². The Bertz CT molecular complexity index is 833. The molecule has 4 heteroatoms. The van der Waals surface area contributed by atoms with Crippen molar-refractivity contribution in [2.75, 3.05) is 0 Å². The first-order valence-electron chi connectivity index (χ1n) is 7.87. The molecule has 1 atom stereocenters. The monoisotopic (exact) mass is 324 g/mol. The number of benzene rings is 2. The summed E-state index contributed by atoms with van der Waals surface area (Å²) in [4.78, 5) is 22.3. The molecule has 2 aromatic carbocycles. The van der Waals surface area contributed by atoms with Crippen LogP contribution < -0.4 is 0 Å². The lowest BCUT2D eigenvalue weighted by Crippen LogP contribution is -2.23.